The molecule has 2 heteroatoms. The van der Waals surface area contributed by atoms with Gasteiger partial charge in [-0.25, -0.2) is 0 Å². The van der Waals surface area contributed by atoms with E-state index in [1.807, 2.05) is 0 Å². The van der Waals surface area contributed by atoms with Crippen LogP contribution in [-0.4, -0.2) is 4.57 Å². The first-order valence-corrected chi connectivity index (χ1v) is 18.4. The molecule has 0 unspecified atom stereocenters. The van der Waals surface area contributed by atoms with E-state index in [4.69, 9.17) is 0 Å². The highest BCUT2D eigenvalue weighted by Crippen LogP contribution is 2.46. The van der Waals surface area contributed by atoms with Gasteiger partial charge in [-0.15, -0.1) is 0 Å². The molecular formula is C50H42N2. The van der Waals surface area contributed by atoms with Gasteiger partial charge in [0.05, 0.1) is 16.7 Å². The van der Waals surface area contributed by atoms with E-state index in [2.05, 4.69) is 206 Å². The summed E-state index contributed by atoms with van der Waals surface area (Å²) in [5.74, 6) is 0. The predicted molar refractivity (Wildman–Crippen MR) is 223 cm³/mol. The van der Waals surface area contributed by atoms with E-state index in [9.17, 15) is 0 Å². The van der Waals surface area contributed by atoms with Crippen LogP contribution in [0.3, 0.4) is 0 Å². The molecule has 2 nitrogen and oxygen atoms in total. The second kappa shape index (κ2) is 12.9. The lowest BCUT2D eigenvalue weighted by molar-refractivity contribution is 0.479. The van der Waals surface area contributed by atoms with Crippen LogP contribution in [0.1, 0.15) is 33.6 Å². The van der Waals surface area contributed by atoms with Gasteiger partial charge in [-0.3, -0.25) is 0 Å². The van der Waals surface area contributed by atoms with Gasteiger partial charge in [-0.05, 0) is 88.2 Å². The third-order valence-electron chi connectivity index (χ3n) is 10.7. The SMILES string of the molecule is CC(C)(C)C1=CC=C(N(c2ccc3c4ccccc4n(-c4ccccc4)c3c2)c2ccccc2-c2cccc3cccc(-c4ccccc4)c23)CC1. The van der Waals surface area contributed by atoms with Crippen LogP contribution < -0.4 is 4.90 Å². The van der Waals surface area contributed by atoms with E-state index in [0.717, 1.165) is 24.2 Å². The summed E-state index contributed by atoms with van der Waals surface area (Å²) in [6, 6.07) is 59.8. The maximum Gasteiger partial charge on any atom is 0.0561 e. The molecule has 52 heavy (non-hydrogen) atoms. The Kier molecular flexibility index (Phi) is 7.89. The first kappa shape index (κ1) is 31.8. The number of para-hydroxylation sites is 3. The molecule has 8 aromatic rings. The van der Waals surface area contributed by atoms with Gasteiger partial charge in [0.1, 0.15) is 0 Å². The molecule has 7 aromatic carbocycles. The quantitative estimate of drug-likeness (QED) is 0.171. The van der Waals surface area contributed by atoms with Crippen molar-refractivity contribution in [3.8, 4) is 27.9 Å². The highest BCUT2D eigenvalue weighted by atomic mass is 15.2. The number of benzene rings is 7. The molecule has 252 valence electrons. The number of hydrogen-bond donors (Lipinski definition) is 0. The first-order chi connectivity index (χ1) is 25.5. The van der Waals surface area contributed by atoms with Gasteiger partial charge in [0.15, 0.2) is 0 Å². The number of nitrogens with zero attached hydrogens (tertiary/aromatic N) is 2. The van der Waals surface area contributed by atoms with Crippen molar-refractivity contribution in [2.75, 3.05) is 4.90 Å². The number of fused-ring (bicyclic) bond motifs is 4. The topological polar surface area (TPSA) is 8.17 Å². The third-order valence-corrected chi connectivity index (χ3v) is 10.7. The lowest BCUT2D eigenvalue weighted by Crippen LogP contribution is -2.21. The van der Waals surface area contributed by atoms with Crippen molar-refractivity contribution in [3.63, 3.8) is 0 Å². The van der Waals surface area contributed by atoms with Crippen LogP contribution in [0.2, 0.25) is 0 Å². The smallest absolute Gasteiger partial charge is 0.0561 e. The molecule has 0 amide bonds. The minimum Gasteiger partial charge on any atom is -0.314 e. The molecule has 1 aromatic heterocycles. The first-order valence-electron chi connectivity index (χ1n) is 18.4. The zero-order chi connectivity index (χ0) is 35.2. The minimum atomic E-state index is 0.136. The van der Waals surface area contributed by atoms with E-state index in [1.165, 1.54) is 71.8 Å². The Morgan fingerprint density at radius 3 is 1.92 bits per heavy atom. The van der Waals surface area contributed by atoms with Gasteiger partial charge >= 0.3 is 0 Å². The van der Waals surface area contributed by atoms with Gasteiger partial charge in [0.25, 0.3) is 0 Å². The summed E-state index contributed by atoms with van der Waals surface area (Å²) < 4.78 is 2.42. The number of aromatic nitrogens is 1. The Bertz CT molecular complexity index is 2640. The van der Waals surface area contributed by atoms with Crippen molar-refractivity contribution in [2.24, 2.45) is 5.41 Å². The lowest BCUT2D eigenvalue weighted by atomic mass is 9.81. The zero-order valence-corrected chi connectivity index (χ0v) is 30.1. The number of anilines is 2. The largest absolute Gasteiger partial charge is 0.314 e. The summed E-state index contributed by atoms with van der Waals surface area (Å²) in [6.07, 6.45) is 6.74. The molecule has 1 aliphatic carbocycles. The summed E-state index contributed by atoms with van der Waals surface area (Å²) >= 11 is 0. The van der Waals surface area contributed by atoms with E-state index in [-0.39, 0.29) is 5.41 Å². The number of rotatable bonds is 6. The second-order valence-corrected chi connectivity index (χ2v) is 14.9. The van der Waals surface area contributed by atoms with Crippen molar-refractivity contribution < 1.29 is 0 Å². The van der Waals surface area contributed by atoms with E-state index >= 15 is 0 Å². The molecule has 0 aliphatic heterocycles. The molecule has 9 rings (SSSR count). The fourth-order valence-corrected chi connectivity index (χ4v) is 8.17. The highest BCUT2D eigenvalue weighted by molar-refractivity contribution is 6.11. The van der Waals surface area contributed by atoms with Gasteiger partial charge < -0.3 is 9.47 Å². The van der Waals surface area contributed by atoms with Crippen LogP contribution in [0.4, 0.5) is 11.4 Å². The summed E-state index contributed by atoms with van der Waals surface area (Å²) in [5.41, 5.74) is 13.8. The maximum absolute atomic E-state index is 2.53. The van der Waals surface area contributed by atoms with Gasteiger partial charge in [-0.2, -0.15) is 0 Å². The van der Waals surface area contributed by atoms with Crippen LogP contribution in [0, 0.1) is 5.41 Å². The molecule has 0 saturated heterocycles. The molecule has 0 bridgehead atoms. The van der Waals surface area contributed by atoms with E-state index in [1.54, 1.807) is 0 Å². The maximum atomic E-state index is 2.53. The average Bonchev–Trinajstić information content (AvgIpc) is 3.52. The molecule has 0 spiro atoms. The van der Waals surface area contributed by atoms with Crippen molar-refractivity contribution in [2.45, 2.75) is 33.6 Å². The van der Waals surface area contributed by atoms with E-state index < -0.39 is 0 Å². The summed E-state index contributed by atoms with van der Waals surface area (Å²) in [6.45, 7) is 6.98. The highest BCUT2D eigenvalue weighted by Gasteiger charge is 2.26. The van der Waals surface area contributed by atoms with Crippen LogP contribution in [0.25, 0.3) is 60.5 Å². The normalized spacial score (nSPS) is 13.4. The summed E-state index contributed by atoms with van der Waals surface area (Å²) in [5, 5.41) is 5.03. The van der Waals surface area contributed by atoms with Crippen molar-refractivity contribution in [1.29, 1.82) is 0 Å². The standard InChI is InChI=1S/C50H42N2/c1-50(2,3)37-28-30-39(31-29-37)51(40-32-33-44-42-22-10-13-27-47(42)52(48(44)34-40)38-20-8-5-9-21-38)46-26-12-11-23-43(46)45-25-15-19-36-18-14-24-41(49(36)45)35-16-6-4-7-17-35/h4-28,30,32-34H,29,31H2,1-3H3. The molecule has 0 atom stereocenters. The Hall–Kier alpha value is -6.12. The zero-order valence-electron chi connectivity index (χ0n) is 30.1. The molecule has 0 radical (unpaired) electrons. The fraction of sp³-hybridized carbons (Fsp3) is 0.120. The molecule has 0 N–H and O–H groups in total. The Labute approximate surface area is 306 Å². The molecule has 0 saturated carbocycles. The molecule has 0 fully saturated rings. The minimum absolute atomic E-state index is 0.136. The third kappa shape index (κ3) is 5.52. The Morgan fingerprint density at radius 2 is 1.17 bits per heavy atom. The number of hydrogen-bond acceptors (Lipinski definition) is 1. The monoisotopic (exact) mass is 670 g/mol. The van der Waals surface area contributed by atoms with Crippen LogP contribution >= 0.6 is 0 Å². The van der Waals surface area contributed by atoms with Crippen LogP contribution in [-0.2, 0) is 0 Å². The predicted octanol–water partition coefficient (Wildman–Crippen LogP) is 14.1. The fourth-order valence-electron chi connectivity index (χ4n) is 8.17. The average molecular weight is 671 g/mol. The van der Waals surface area contributed by atoms with Crippen LogP contribution in [0.15, 0.2) is 187 Å². The van der Waals surface area contributed by atoms with Gasteiger partial charge in [0.2, 0.25) is 0 Å². The number of allylic oxidation sites excluding steroid dienone is 4. The van der Waals surface area contributed by atoms with Crippen LogP contribution in [0.5, 0.6) is 0 Å². The lowest BCUT2D eigenvalue weighted by Gasteiger charge is -2.34. The Morgan fingerprint density at radius 1 is 0.519 bits per heavy atom. The van der Waals surface area contributed by atoms with E-state index in [0.29, 0.717) is 0 Å². The second-order valence-electron chi connectivity index (χ2n) is 14.9. The van der Waals surface area contributed by atoms with Gasteiger partial charge in [-0.1, -0.05) is 160 Å². The molecule has 1 aliphatic rings. The molecule has 1 heterocycles. The summed E-state index contributed by atoms with van der Waals surface area (Å²) in [4.78, 5) is 2.53. The van der Waals surface area contributed by atoms with Crippen molar-refractivity contribution >= 4 is 44.0 Å². The van der Waals surface area contributed by atoms with Gasteiger partial charge in [0, 0.05) is 33.4 Å². The Balaban J connectivity index is 1.31. The molecular weight excluding hydrogens is 629 g/mol. The van der Waals surface area contributed by atoms with Crippen molar-refractivity contribution in [3.05, 3.63) is 187 Å². The van der Waals surface area contributed by atoms with Crippen molar-refractivity contribution in [1.82, 2.24) is 4.57 Å². The summed E-state index contributed by atoms with van der Waals surface area (Å²) in [7, 11) is 0.